The number of imidazole rings is 1. The molecule has 0 aliphatic carbocycles. The van der Waals surface area contributed by atoms with Crippen LogP contribution in [0.15, 0.2) is 61.4 Å². The molecule has 4 aliphatic rings. The first-order valence-corrected chi connectivity index (χ1v) is 18.9. The minimum absolute atomic E-state index is 0.172. The summed E-state index contributed by atoms with van der Waals surface area (Å²) in [7, 11) is 0. The van der Waals surface area contributed by atoms with E-state index in [9.17, 15) is 9.59 Å². The number of benzene rings is 1. The molecule has 2 N–H and O–H groups in total. The number of amides is 2. The number of piperazine rings is 1. The SMILES string of the molecule is O=C1CCC(c2ccc(N3CCN(CCN4CCC(n5cc(Nc6ncc(-c7cnn8c7CCCC8)n7ccnc67)cn5)CC4)CC3)cc2)C(=O)N1. The van der Waals surface area contributed by atoms with Gasteiger partial charge in [0.05, 0.1) is 41.9 Å². The molecule has 0 spiro atoms. The minimum atomic E-state index is -0.233. The lowest BCUT2D eigenvalue weighted by molar-refractivity contribution is -0.134. The second kappa shape index (κ2) is 14.2. The van der Waals surface area contributed by atoms with Gasteiger partial charge in [0.25, 0.3) is 0 Å². The first kappa shape index (κ1) is 32.8. The summed E-state index contributed by atoms with van der Waals surface area (Å²) in [5.74, 6) is 0.131. The number of aromatic nitrogens is 7. The summed E-state index contributed by atoms with van der Waals surface area (Å²) in [5.41, 5.74) is 7.32. The molecule has 2 amide bonds. The highest BCUT2D eigenvalue weighted by atomic mass is 16.2. The summed E-state index contributed by atoms with van der Waals surface area (Å²) < 4.78 is 6.35. The predicted molar refractivity (Wildman–Crippen MR) is 198 cm³/mol. The molecule has 0 bridgehead atoms. The van der Waals surface area contributed by atoms with Crippen LogP contribution in [-0.2, 0) is 22.6 Å². The Labute approximate surface area is 302 Å². The zero-order valence-corrected chi connectivity index (χ0v) is 29.5. The fourth-order valence-electron chi connectivity index (χ4n) is 8.43. The van der Waals surface area contributed by atoms with Gasteiger partial charge in [-0.25, -0.2) is 9.97 Å². The monoisotopic (exact) mass is 702 g/mol. The van der Waals surface area contributed by atoms with Crippen molar-refractivity contribution < 1.29 is 9.59 Å². The molecule has 0 saturated carbocycles. The van der Waals surface area contributed by atoms with E-state index in [1.165, 1.54) is 24.2 Å². The van der Waals surface area contributed by atoms with Gasteiger partial charge in [0.2, 0.25) is 11.8 Å². The van der Waals surface area contributed by atoms with E-state index < -0.39 is 0 Å². The van der Waals surface area contributed by atoms with E-state index in [2.05, 4.69) is 79.6 Å². The van der Waals surface area contributed by atoms with Crippen LogP contribution in [0.3, 0.4) is 0 Å². The van der Waals surface area contributed by atoms with E-state index in [4.69, 9.17) is 10.1 Å². The molecule has 14 heteroatoms. The largest absolute Gasteiger partial charge is 0.369 e. The second-order valence-corrected chi connectivity index (χ2v) is 14.6. The Kier molecular flexibility index (Phi) is 8.93. The Morgan fingerprint density at radius 1 is 0.808 bits per heavy atom. The van der Waals surface area contributed by atoms with Crippen LogP contribution < -0.4 is 15.5 Å². The first-order chi connectivity index (χ1) is 25.6. The maximum atomic E-state index is 12.3. The minimum Gasteiger partial charge on any atom is -0.369 e. The molecule has 0 radical (unpaired) electrons. The normalized spacial score (nSPS) is 20.7. The molecule has 3 fully saturated rings. The number of piperidine rings is 2. The second-order valence-electron chi connectivity index (χ2n) is 14.6. The molecule has 1 aromatic carbocycles. The number of likely N-dealkylation sites (tertiary alicyclic amines) is 1. The lowest BCUT2D eigenvalue weighted by Gasteiger charge is -2.38. The molecule has 9 rings (SSSR count). The van der Waals surface area contributed by atoms with E-state index in [1.807, 2.05) is 31.0 Å². The third kappa shape index (κ3) is 6.56. The highest BCUT2D eigenvalue weighted by Crippen LogP contribution is 2.31. The Morgan fingerprint density at radius 3 is 2.42 bits per heavy atom. The number of rotatable bonds is 9. The number of fused-ring (bicyclic) bond motifs is 2. The maximum absolute atomic E-state index is 12.3. The molecule has 270 valence electrons. The van der Waals surface area contributed by atoms with Crippen molar-refractivity contribution in [3.05, 3.63) is 72.7 Å². The molecule has 1 unspecified atom stereocenters. The molecule has 52 heavy (non-hydrogen) atoms. The predicted octanol–water partition coefficient (Wildman–Crippen LogP) is 3.85. The Balaban J connectivity index is 0.738. The lowest BCUT2D eigenvalue weighted by atomic mass is 9.90. The Bertz CT molecular complexity index is 2050. The van der Waals surface area contributed by atoms with Crippen molar-refractivity contribution in [3.8, 4) is 11.3 Å². The van der Waals surface area contributed by atoms with Gasteiger partial charge in [0, 0.05) is 101 Å². The van der Waals surface area contributed by atoms with E-state index in [0.29, 0.717) is 24.7 Å². The van der Waals surface area contributed by atoms with Gasteiger partial charge >= 0.3 is 0 Å². The third-order valence-electron chi connectivity index (χ3n) is 11.5. The smallest absolute Gasteiger partial charge is 0.234 e. The summed E-state index contributed by atoms with van der Waals surface area (Å²) in [6.07, 6.45) is 18.3. The van der Waals surface area contributed by atoms with Crippen LogP contribution in [0.5, 0.6) is 0 Å². The van der Waals surface area contributed by atoms with E-state index in [1.54, 1.807) is 0 Å². The van der Waals surface area contributed by atoms with Crippen LogP contribution in [0.25, 0.3) is 16.9 Å². The number of imide groups is 1. The summed E-state index contributed by atoms with van der Waals surface area (Å²) in [6.45, 7) is 9.37. The number of aryl methyl sites for hydroxylation is 1. The van der Waals surface area contributed by atoms with Crippen LogP contribution in [0, 0.1) is 0 Å². The summed E-state index contributed by atoms with van der Waals surface area (Å²) in [6, 6.07) is 8.73. The summed E-state index contributed by atoms with van der Waals surface area (Å²) in [4.78, 5) is 40.8. The van der Waals surface area contributed by atoms with E-state index >= 15 is 0 Å². The quantitative estimate of drug-likeness (QED) is 0.218. The molecule has 3 saturated heterocycles. The number of nitrogens with one attached hydrogen (secondary N) is 2. The summed E-state index contributed by atoms with van der Waals surface area (Å²) >= 11 is 0. The zero-order valence-electron chi connectivity index (χ0n) is 29.5. The highest BCUT2D eigenvalue weighted by molar-refractivity contribution is 6.01. The van der Waals surface area contributed by atoms with Crippen molar-refractivity contribution in [3.63, 3.8) is 0 Å². The van der Waals surface area contributed by atoms with Gasteiger partial charge in [-0.1, -0.05) is 12.1 Å². The zero-order chi connectivity index (χ0) is 35.0. The van der Waals surface area contributed by atoms with E-state index in [0.717, 1.165) is 106 Å². The molecule has 4 aromatic heterocycles. The number of carbonyl (C=O) groups excluding carboxylic acids is 2. The molecular formula is C38H46N12O2. The van der Waals surface area contributed by atoms with Gasteiger partial charge in [-0.15, -0.1) is 0 Å². The Morgan fingerprint density at radius 2 is 1.62 bits per heavy atom. The molecule has 5 aromatic rings. The van der Waals surface area contributed by atoms with Crippen LogP contribution >= 0.6 is 0 Å². The fraction of sp³-hybridized carbons (Fsp3) is 0.474. The van der Waals surface area contributed by atoms with Gasteiger partial charge in [0.1, 0.15) is 0 Å². The van der Waals surface area contributed by atoms with Crippen molar-refractivity contribution in [1.82, 2.24) is 49.0 Å². The first-order valence-electron chi connectivity index (χ1n) is 18.9. The van der Waals surface area contributed by atoms with Gasteiger partial charge in [0.15, 0.2) is 11.5 Å². The average molecular weight is 703 g/mol. The van der Waals surface area contributed by atoms with Crippen molar-refractivity contribution >= 4 is 34.7 Å². The van der Waals surface area contributed by atoms with E-state index in [-0.39, 0.29) is 17.7 Å². The highest BCUT2D eigenvalue weighted by Gasteiger charge is 2.28. The molecule has 4 aliphatic heterocycles. The third-order valence-corrected chi connectivity index (χ3v) is 11.5. The Hall–Kier alpha value is -5.08. The van der Waals surface area contributed by atoms with Crippen LogP contribution in [-0.4, -0.2) is 108 Å². The van der Waals surface area contributed by atoms with Crippen molar-refractivity contribution in [1.29, 1.82) is 0 Å². The lowest BCUT2D eigenvalue weighted by Crippen LogP contribution is -2.49. The average Bonchev–Trinajstić information content (AvgIpc) is 3.96. The van der Waals surface area contributed by atoms with Crippen LogP contribution in [0.2, 0.25) is 0 Å². The number of hydrogen-bond acceptors (Lipinski definition) is 10. The molecule has 14 nitrogen and oxygen atoms in total. The maximum Gasteiger partial charge on any atom is 0.234 e. The number of carbonyl (C=O) groups is 2. The molecule has 1 atom stereocenters. The van der Waals surface area contributed by atoms with Crippen molar-refractivity contribution in [2.45, 2.75) is 63.5 Å². The van der Waals surface area contributed by atoms with Gasteiger partial charge in [-0.3, -0.25) is 33.6 Å². The van der Waals surface area contributed by atoms with Gasteiger partial charge in [-0.2, -0.15) is 10.2 Å². The molecular weight excluding hydrogens is 656 g/mol. The number of anilines is 3. The fourth-order valence-corrected chi connectivity index (χ4v) is 8.43. The number of hydrogen-bond donors (Lipinski definition) is 2. The van der Waals surface area contributed by atoms with Crippen LogP contribution in [0.4, 0.5) is 17.2 Å². The molecule has 8 heterocycles. The van der Waals surface area contributed by atoms with Crippen LogP contribution in [0.1, 0.15) is 61.7 Å². The standard InChI is InChI=1S/C38H46N12O2/c51-35-9-8-31(38(52)44-35)27-4-6-29(7-5-27)47-21-19-46(20-22-47)18-17-45-14-10-30(11-15-45)50-26-28(23-41-50)43-36-37-39-12-16-48(37)34(25-40-36)32-24-42-49-13-2-1-3-33(32)49/h4-7,12,16,23-26,30-31H,1-3,8-11,13-15,17-22H2,(H,40,43)(H,44,51,52). The van der Waals surface area contributed by atoms with Crippen molar-refractivity contribution in [2.24, 2.45) is 0 Å². The van der Waals surface area contributed by atoms with Gasteiger partial charge in [-0.05, 0) is 56.2 Å². The van der Waals surface area contributed by atoms with Gasteiger partial charge < -0.3 is 15.1 Å². The number of nitrogens with zero attached hydrogens (tertiary/aromatic N) is 10. The summed E-state index contributed by atoms with van der Waals surface area (Å²) in [5, 5.41) is 15.3. The van der Waals surface area contributed by atoms with Crippen molar-refractivity contribution in [2.75, 3.05) is 62.6 Å². The topological polar surface area (TPSA) is 134 Å².